The summed E-state index contributed by atoms with van der Waals surface area (Å²) in [4.78, 5) is 29.8. The van der Waals surface area contributed by atoms with Crippen LogP contribution in [0.2, 0.25) is 5.02 Å². The summed E-state index contributed by atoms with van der Waals surface area (Å²) in [6, 6.07) is 3.83. The topological polar surface area (TPSA) is 96.7 Å². The van der Waals surface area contributed by atoms with Crippen molar-refractivity contribution < 1.29 is 23.8 Å². The number of aliphatic hydroxyl groups is 1. The quantitative estimate of drug-likeness (QED) is 0.748. The Morgan fingerprint density at radius 3 is 2.93 bits per heavy atom. The highest BCUT2D eigenvalue weighted by molar-refractivity contribution is 6.30. The highest BCUT2D eigenvalue weighted by atomic mass is 35.5. The molecule has 1 aliphatic rings. The molecule has 2 heterocycles. The molecule has 10 heteroatoms. The van der Waals surface area contributed by atoms with E-state index in [0.717, 1.165) is 11.8 Å². The summed E-state index contributed by atoms with van der Waals surface area (Å²) in [5.74, 6) is -3.47. The fraction of sp³-hybridized carbons (Fsp3) is 0.353. The van der Waals surface area contributed by atoms with Gasteiger partial charge in [-0.1, -0.05) is 11.6 Å². The van der Waals surface area contributed by atoms with E-state index in [2.05, 4.69) is 10.3 Å². The zero-order chi connectivity index (χ0) is 19.6. The molecule has 0 spiro atoms. The molecule has 1 saturated heterocycles. The molecule has 0 bridgehead atoms. The van der Waals surface area contributed by atoms with Gasteiger partial charge in [0.2, 0.25) is 0 Å². The molecule has 0 aliphatic carbocycles. The van der Waals surface area contributed by atoms with Gasteiger partial charge in [0.05, 0.1) is 18.6 Å². The van der Waals surface area contributed by atoms with Crippen LogP contribution in [-0.2, 0) is 29.7 Å². The smallest absolute Gasteiger partial charge is 0.407 e. The number of alkyl carbamates (subject to hydrolysis) is 1. The molecule has 1 fully saturated rings. The van der Waals surface area contributed by atoms with Crippen molar-refractivity contribution in [3.63, 3.8) is 0 Å². The number of aromatic nitrogens is 2. The molecule has 1 atom stereocenters. The van der Waals surface area contributed by atoms with Gasteiger partial charge in [-0.05, 0) is 23.8 Å². The number of amides is 2. The lowest BCUT2D eigenvalue weighted by molar-refractivity contribution is -0.182. The zero-order valence-corrected chi connectivity index (χ0v) is 15.2. The molecule has 144 valence electrons. The van der Waals surface area contributed by atoms with Crippen molar-refractivity contribution in [3.8, 4) is 0 Å². The van der Waals surface area contributed by atoms with E-state index in [0.29, 0.717) is 5.56 Å². The maximum absolute atomic E-state index is 13.3. The van der Waals surface area contributed by atoms with E-state index in [1.54, 1.807) is 24.1 Å². The van der Waals surface area contributed by atoms with E-state index in [9.17, 15) is 19.1 Å². The lowest BCUT2D eigenvalue weighted by Crippen LogP contribution is -2.45. The summed E-state index contributed by atoms with van der Waals surface area (Å²) in [7, 11) is 1.79. The first-order valence-corrected chi connectivity index (χ1v) is 8.53. The third-order valence-electron chi connectivity index (χ3n) is 4.23. The van der Waals surface area contributed by atoms with E-state index in [1.165, 1.54) is 17.0 Å². The van der Waals surface area contributed by atoms with Crippen molar-refractivity contribution in [3.05, 3.63) is 52.8 Å². The summed E-state index contributed by atoms with van der Waals surface area (Å²) in [6.45, 7) is 0.400. The van der Waals surface area contributed by atoms with Crippen LogP contribution in [0.3, 0.4) is 0 Å². The van der Waals surface area contributed by atoms with Gasteiger partial charge in [0.1, 0.15) is 5.82 Å². The van der Waals surface area contributed by atoms with Crippen molar-refractivity contribution in [2.45, 2.75) is 25.3 Å². The fourth-order valence-electron chi connectivity index (χ4n) is 2.80. The number of imidazole rings is 1. The molecule has 8 nitrogen and oxygen atoms in total. The molecule has 3 rings (SSSR count). The van der Waals surface area contributed by atoms with Gasteiger partial charge in [-0.3, -0.25) is 4.79 Å². The van der Waals surface area contributed by atoms with Crippen molar-refractivity contribution >= 4 is 23.6 Å². The first kappa shape index (κ1) is 19.1. The highest BCUT2D eigenvalue weighted by Crippen LogP contribution is 2.26. The van der Waals surface area contributed by atoms with Crippen LogP contribution < -0.4 is 5.32 Å². The van der Waals surface area contributed by atoms with Gasteiger partial charge in [-0.15, -0.1) is 0 Å². The highest BCUT2D eigenvalue weighted by Gasteiger charge is 2.49. The molecule has 0 radical (unpaired) electrons. The van der Waals surface area contributed by atoms with Crippen LogP contribution in [0, 0.1) is 5.82 Å². The standard InChI is InChI=1S/C17H18ClFN4O4/c1-22-10-20-8-14(22)9-23-3-2-17(26,15(23)24)27-16(25)21-7-11-4-12(18)6-13(19)5-11/h4-6,8,10,26H,2-3,7,9H2,1H3,(H,21,25). The van der Waals surface area contributed by atoms with Gasteiger partial charge in [0, 0.05) is 37.8 Å². The fourth-order valence-corrected chi connectivity index (χ4v) is 3.04. The summed E-state index contributed by atoms with van der Waals surface area (Å²) in [6.07, 6.45) is 2.17. The Morgan fingerprint density at radius 2 is 2.26 bits per heavy atom. The first-order valence-electron chi connectivity index (χ1n) is 8.15. The lowest BCUT2D eigenvalue weighted by atomic mass is 10.2. The summed E-state index contributed by atoms with van der Waals surface area (Å²) < 4.78 is 20.0. The Labute approximate surface area is 159 Å². The molecule has 2 N–H and O–H groups in total. The number of likely N-dealkylation sites (tertiary alicyclic amines) is 1. The third kappa shape index (κ3) is 4.37. The Kier molecular flexibility index (Phi) is 5.33. The Bertz CT molecular complexity index is 854. The number of aryl methyl sites for hydroxylation is 1. The summed E-state index contributed by atoms with van der Waals surface area (Å²) in [5.41, 5.74) is 1.19. The molecule has 1 aromatic heterocycles. The number of nitrogens with one attached hydrogen (secondary N) is 1. The number of benzene rings is 1. The maximum atomic E-state index is 13.3. The lowest BCUT2D eigenvalue weighted by Gasteiger charge is -2.22. The Hall–Kier alpha value is -2.65. The van der Waals surface area contributed by atoms with Gasteiger partial charge in [0.25, 0.3) is 11.7 Å². The minimum absolute atomic E-state index is 0.0527. The van der Waals surface area contributed by atoms with Crippen LogP contribution in [0.25, 0.3) is 0 Å². The Balaban J connectivity index is 1.57. The van der Waals surface area contributed by atoms with Crippen LogP contribution in [0.1, 0.15) is 17.7 Å². The number of hydrogen-bond acceptors (Lipinski definition) is 5. The summed E-state index contributed by atoms with van der Waals surface area (Å²) in [5, 5.41) is 13.0. The molecule has 2 aromatic rings. The van der Waals surface area contributed by atoms with E-state index < -0.39 is 23.6 Å². The number of rotatable bonds is 5. The second-order valence-corrected chi connectivity index (χ2v) is 6.71. The monoisotopic (exact) mass is 396 g/mol. The van der Waals surface area contributed by atoms with Gasteiger partial charge in [0.15, 0.2) is 0 Å². The van der Waals surface area contributed by atoms with Crippen LogP contribution in [0.4, 0.5) is 9.18 Å². The number of carbonyl (C=O) groups excluding carboxylic acids is 2. The molecular formula is C17H18ClFN4O4. The second kappa shape index (κ2) is 7.53. The molecule has 1 unspecified atom stereocenters. The number of halogens is 2. The van der Waals surface area contributed by atoms with E-state index >= 15 is 0 Å². The van der Waals surface area contributed by atoms with Crippen LogP contribution in [-0.4, -0.2) is 43.9 Å². The largest absolute Gasteiger partial charge is 0.410 e. The zero-order valence-electron chi connectivity index (χ0n) is 14.5. The predicted octanol–water partition coefficient (Wildman–Crippen LogP) is 1.56. The number of nitrogens with zero attached hydrogens (tertiary/aromatic N) is 3. The van der Waals surface area contributed by atoms with Crippen molar-refractivity contribution in [1.82, 2.24) is 19.8 Å². The van der Waals surface area contributed by atoms with Crippen molar-refractivity contribution in [2.24, 2.45) is 7.05 Å². The second-order valence-electron chi connectivity index (χ2n) is 6.28. The third-order valence-corrected chi connectivity index (χ3v) is 4.45. The van der Waals surface area contributed by atoms with Crippen LogP contribution in [0.5, 0.6) is 0 Å². The molecule has 1 aromatic carbocycles. The summed E-state index contributed by atoms with van der Waals surface area (Å²) >= 11 is 5.75. The number of ether oxygens (including phenoxy) is 1. The van der Waals surface area contributed by atoms with Gasteiger partial charge in [-0.2, -0.15) is 0 Å². The average Bonchev–Trinajstić information content (AvgIpc) is 3.11. The van der Waals surface area contributed by atoms with Gasteiger partial charge >= 0.3 is 6.09 Å². The van der Waals surface area contributed by atoms with Crippen LogP contribution >= 0.6 is 11.6 Å². The van der Waals surface area contributed by atoms with E-state index in [-0.39, 0.29) is 31.1 Å². The number of carbonyl (C=O) groups is 2. The molecule has 0 saturated carbocycles. The minimum Gasteiger partial charge on any atom is -0.407 e. The van der Waals surface area contributed by atoms with Crippen molar-refractivity contribution in [2.75, 3.05) is 6.54 Å². The predicted molar refractivity (Wildman–Crippen MR) is 92.9 cm³/mol. The molecule has 2 amide bonds. The van der Waals surface area contributed by atoms with E-state index in [1.807, 2.05) is 0 Å². The van der Waals surface area contributed by atoms with Gasteiger partial charge < -0.3 is 24.6 Å². The first-order chi connectivity index (χ1) is 12.8. The van der Waals surface area contributed by atoms with Crippen LogP contribution in [0.15, 0.2) is 30.7 Å². The molecular weight excluding hydrogens is 379 g/mol. The maximum Gasteiger partial charge on any atom is 0.410 e. The molecule has 1 aliphatic heterocycles. The normalized spacial score (nSPS) is 19.4. The van der Waals surface area contributed by atoms with Crippen molar-refractivity contribution in [1.29, 1.82) is 0 Å². The van der Waals surface area contributed by atoms with Gasteiger partial charge in [-0.25, -0.2) is 14.2 Å². The Morgan fingerprint density at radius 1 is 1.48 bits per heavy atom. The minimum atomic E-state index is -2.23. The van der Waals surface area contributed by atoms with E-state index in [4.69, 9.17) is 16.3 Å². The average molecular weight is 397 g/mol. The SMILES string of the molecule is Cn1cncc1CN1CCC(O)(OC(=O)NCc2cc(F)cc(Cl)c2)C1=O. The number of hydrogen-bond donors (Lipinski definition) is 2. The molecule has 27 heavy (non-hydrogen) atoms.